The van der Waals surface area contributed by atoms with Gasteiger partial charge in [0, 0.05) is 11.1 Å². The highest BCUT2D eigenvalue weighted by molar-refractivity contribution is 6.09. The van der Waals surface area contributed by atoms with Crippen molar-refractivity contribution >= 4 is 11.5 Å². The molecule has 0 saturated carbocycles. The molecule has 1 heterocycles. The highest BCUT2D eigenvalue weighted by atomic mass is 16.1. The van der Waals surface area contributed by atoms with Gasteiger partial charge in [-0.25, -0.2) is 0 Å². The fraction of sp³-hybridized carbons (Fsp3) is 0.571. The first-order valence-electron chi connectivity index (χ1n) is 5.76. The summed E-state index contributed by atoms with van der Waals surface area (Å²) in [5.74, 6) is 0.139. The lowest BCUT2D eigenvalue weighted by Crippen LogP contribution is -2.31. The van der Waals surface area contributed by atoms with Crippen LogP contribution in [-0.4, -0.2) is 17.0 Å². The van der Waals surface area contributed by atoms with Crippen molar-refractivity contribution in [2.24, 2.45) is 10.4 Å². The lowest BCUT2D eigenvalue weighted by atomic mass is 9.69. The summed E-state index contributed by atoms with van der Waals surface area (Å²) in [4.78, 5) is 16.4. The molecule has 1 aliphatic carbocycles. The van der Waals surface area contributed by atoms with Gasteiger partial charge in [0.05, 0.1) is 5.54 Å². The second-order valence-corrected chi connectivity index (χ2v) is 5.68. The van der Waals surface area contributed by atoms with E-state index in [1.165, 1.54) is 0 Å². The van der Waals surface area contributed by atoms with Crippen molar-refractivity contribution in [3.8, 4) is 0 Å². The molecule has 0 aromatic heterocycles. The second kappa shape index (κ2) is 3.16. The number of carbonyl (C=O) groups is 1. The highest BCUT2D eigenvalue weighted by Crippen LogP contribution is 2.47. The van der Waals surface area contributed by atoms with Crippen molar-refractivity contribution < 1.29 is 4.79 Å². The van der Waals surface area contributed by atoms with Crippen LogP contribution in [0.5, 0.6) is 0 Å². The summed E-state index contributed by atoms with van der Waals surface area (Å²) in [7, 11) is 0. The van der Waals surface area contributed by atoms with E-state index in [-0.39, 0.29) is 16.7 Å². The second-order valence-electron chi connectivity index (χ2n) is 5.68. The molecule has 0 aromatic carbocycles. The quantitative estimate of drug-likeness (QED) is 0.613. The maximum absolute atomic E-state index is 11.6. The summed E-state index contributed by atoms with van der Waals surface area (Å²) in [5.41, 5.74) is 3.00. The van der Waals surface area contributed by atoms with Crippen LogP contribution in [0.4, 0.5) is 0 Å². The van der Waals surface area contributed by atoms with E-state index in [1.54, 1.807) is 6.08 Å². The van der Waals surface area contributed by atoms with Gasteiger partial charge < -0.3 is 0 Å². The standard InChI is InChI=1S/C14H19NO/c1-9-7-14(10(2)6-12(9)16)8-13(4,5)15-11(14)3/h6-7H,8H2,1-5H3. The molecule has 1 unspecified atom stereocenters. The van der Waals surface area contributed by atoms with Crippen LogP contribution in [0.3, 0.4) is 0 Å². The molecule has 1 spiro atoms. The fourth-order valence-corrected chi connectivity index (χ4v) is 2.98. The summed E-state index contributed by atoms with van der Waals surface area (Å²) in [6.45, 7) is 10.3. The Balaban J connectivity index is 2.53. The summed E-state index contributed by atoms with van der Waals surface area (Å²) in [5, 5.41) is 0. The number of hydrogen-bond donors (Lipinski definition) is 0. The van der Waals surface area contributed by atoms with Gasteiger partial charge in [-0.2, -0.15) is 0 Å². The molecule has 2 rings (SSSR count). The minimum Gasteiger partial charge on any atom is -0.290 e. The van der Waals surface area contributed by atoms with E-state index in [0.29, 0.717) is 0 Å². The lowest BCUT2D eigenvalue weighted by Gasteiger charge is -2.32. The number of nitrogens with zero attached hydrogens (tertiary/aromatic N) is 1. The van der Waals surface area contributed by atoms with Crippen LogP contribution < -0.4 is 0 Å². The Bertz CT molecular complexity index is 451. The summed E-state index contributed by atoms with van der Waals surface area (Å²) < 4.78 is 0. The largest absolute Gasteiger partial charge is 0.290 e. The first-order chi connectivity index (χ1) is 7.27. The zero-order chi connectivity index (χ0) is 12.1. The van der Waals surface area contributed by atoms with E-state index in [2.05, 4.69) is 26.8 Å². The van der Waals surface area contributed by atoms with Gasteiger partial charge in [0.15, 0.2) is 5.78 Å². The number of aliphatic imine (C=N–C) groups is 1. The van der Waals surface area contributed by atoms with Crippen molar-refractivity contribution in [2.75, 3.05) is 0 Å². The molecule has 1 atom stereocenters. The number of hydrogen-bond acceptors (Lipinski definition) is 2. The molecule has 0 aromatic rings. The van der Waals surface area contributed by atoms with Gasteiger partial charge in [-0.1, -0.05) is 11.6 Å². The third kappa shape index (κ3) is 1.48. The molecular formula is C14H19NO. The average Bonchev–Trinajstić information content (AvgIpc) is 2.34. The van der Waals surface area contributed by atoms with E-state index >= 15 is 0 Å². The van der Waals surface area contributed by atoms with Crippen molar-refractivity contribution in [2.45, 2.75) is 46.6 Å². The Morgan fingerprint density at radius 2 is 1.88 bits per heavy atom. The van der Waals surface area contributed by atoms with E-state index < -0.39 is 0 Å². The van der Waals surface area contributed by atoms with Gasteiger partial charge in [-0.3, -0.25) is 9.79 Å². The Morgan fingerprint density at radius 1 is 1.25 bits per heavy atom. The van der Waals surface area contributed by atoms with E-state index in [4.69, 9.17) is 4.99 Å². The van der Waals surface area contributed by atoms with Gasteiger partial charge in [0.2, 0.25) is 0 Å². The molecule has 0 N–H and O–H groups in total. The first-order valence-corrected chi connectivity index (χ1v) is 5.76. The van der Waals surface area contributed by atoms with Crippen LogP contribution >= 0.6 is 0 Å². The van der Waals surface area contributed by atoms with E-state index in [1.807, 2.05) is 13.8 Å². The molecule has 2 heteroatoms. The maximum Gasteiger partial charge on any atom is 0.181 e. The van der Waals surface area contributed by atoms with Crippen LogP contribution in [0.2, 0.25) is 0 Å². The lowest BCUT2D eigenvalue weighted by molar-refractivity contribution is -0.111. The Morgan fingerprint density at radius 3 is 2.38 bits per heavy atom. The Labute approximate surface area is 97.1 Å². The van der Waals surface area contributed by atoms with Crippen LogP contribution in [0, 0.1) is 5.41 Å². The number of allylic oxidation sites excluding steroid dienone is 4. The third-order valence-corrected chi connectivity index (χ3v) is 3.73. The number of carbonyl (C=O) groups excluding carboxylic acids is 1. The SMILES string of the molecule is CC1=CC2(CC(C)(C)N=C2C)C(C)=CC1=O. The van der Waals surface area contributed by atoms with Gasteiger partial charge in [-0.05, 0) is 52.7 Å². The molecular weight excluding hydrogens is 198 g/mol. The van der Waals surface area contributed by atoms with Crippen LogP contribution in [0.1, 0.15) is 41.0 Å². The Kier molecular flexibility index (Phi) is 2.23. The summed E-state index contributed by atoms with van der Waals surface area (Å²) >= 11 is 0. The molecule has 1 aliphatic heterocycles. The minimum atomic E-state index is -0.0957. The third-order valence-electron chi connectivity index (χ3n) is 3.73. The molecule has 0 saturated heterocycles. The van der Waals surface area contributed by atoms with E-state index in [0.717, 1.165) is 23.3 Å². The molecule has 86 valence electrons. The molecule has 0 amide bonds. The normalized spacial score (nSPS) is 32.6. The monoisotopic (exact) mass is 217 g/mol. The zero-order valence-corrected chi connectivity index (χ0v) is 10.7. The molecule has 2 aliphatic rings. The zero-order valence-electron chi connectivity index (χ0n) is 10.7. The van der Waals surface area contributed by atoms with Gasteiger partial charge in [-0.15, -0.1) is 0 Å². The summed E-state index contributed by atoms with van der Waals surface area (Å²) in [6, 6.07) is 0. The highest BCUT2D eigenvalue weighted by Gasteiger charge is 2.45. The predicted molar refractivity (Wildman–Crippen MR) is 66.8 cm³/mol. The number of ketones is 1. The first kappa shape index (κ1) is 11.3. The molecule has 0 radical (unpaired) electrons. The van der Waals surface area contributed by atoms with Crippen molar-refractivity contribution in [3.63, 3.8) is 0 Å². The smallest absolute Gasteiger partial charge is 0.181 e. The minimum absolute atomic E-state index is 0.0175. The van der Waals surface area contributed by atoms with Crippen LogP contribution in [0.15, 0.2) is 28.3 Å². The van der Waals surface area contributed by atoms with Crippen LogP contribution in [0.25, 0.3) is 0 Å². The maximum atomic E-state index is 11.6. The molecule has 16 heavy (non-hydrogen) atoms. The van der Waals surface area contributed by atoms with Gasteiger partial charge >= 0.3 is 0 Å². The average molecular weight is 217 g/mol. The van der Waals surface area contributed by atoms with Gasteiger partial charge in [0.1, 0.15) is 0 Å². The van der Waals surface area contributed by atoms with Crippen molar-refractivity contribution in [3.05, 3.63) is 23.3 Å². The van der Waals surface area contributed by atoms with Gasteiger partial charge in [0.25, 0.3) is 0 Å². The molecule has 0 fully saturated rings. The Hall–Kier alpha value is -1.18. The predicted octanol–water partition coefficient (Wildman–Crippen LogP) is 3.09. The fourth-order valence-electron chi connectivity index (χ4n) is 2.98. The molecule has 0 bridgehead atoms. The topological polar surface area (TPSA) is 29.4 Å². The van der Waals surface area contributed by atoms with E-state index in [9.17, 15) is 4.79 Å². The summed E-state index contributed by atoms with van der Waals surface area (Å²) in [6.07, 6.45) is 4.85. The van der Waals surface area contributed by atoms with Crippen molar-refractivity contribution in [1.29, 1.82) is 0 Å². The molecule has 2 nitrogen and oxygen atoms in total. The number of rotatable bonds is 0. The van der Waals surface area contributed by atoms with Crippen LogP contribution in [-0.2, 0) is 4.79 Å². The van der Waals surface area contributed by atoms with Crippen molar-refractivity contribution in [1.82, 2.24) is 0 Å².